The topological polar surface area (TPSA) is 78.9 Å². The minimum atomic E-state index is -1.09. The predicted octanol–water partition coefficient (Wildman–Crippen LogP) is 3.99. The van der Waals surface area contributed by atoms with Crippen LogP contribution in [0.25, 0.3) is 0 Å². The van der Waals surface area contributed by atoms with E-state index in [1.807, 2.05) is 0 Å². The second kappa shape index (κ2) is 7.86. The maximum Gasteiger partial charge on any atom is 0.333 e. The van der Waals surface area contributed by atoms with Crippen molar-refractivity contribution in [1.29, 1.82) is 0 Å². The Balaban J connectivity index is 2.10. The number of fused-ring (bicyclic) bond motifs is 1. The Labute approximate surface area is 179 Å². The van der Waals surface area contributed by atoms with E-state index in [1.165, 1.54) is 0 Å². The lowest BCUT2D eigenvalue weighted by Gasteiger charge is -2.46. The number of cyclic esters (lactones) is 1. The molecular weight excluding hydrogens is 384 g/mol. The average molecular weight is 419 g/mol. The van der Waals surface area contributed by atoms with Gasteiger partial charge in [-0.2, -0.15) is 0 Å². The lowest BCUT2D eigenvalue weighted by Crippen LogP contribution is -2.50. The van der Waals surface area contributed by atoms with Crippen LogP contribution < -0.4 is 0 Å². The fraction of sp³-hybridized carbons (Fsp3) is 0.708. The summed E-state index contributed by atoms with van der Waals surface area (Å²) < 4.78 is 17.4. The van der Waals surface area contributed by atoms with Crippen LogP contribution >= 0.6 is 0 Å². The van der Waals surface area contributed by atoms with Gasteiger partial charge in [0.1, 0.15) is 24.2 Å². The number of esters is 3. The van der Waals surface area contributed by atoms with Crippen LogP contribution in [0.4, 0.5) is 0 Å². The number of hydrogen-bond acceptors (Lipinski definition) is 6. The third-order valence-electron chi connectivity index (χ3n) is 7.74. The van der Waals surface area contributed by atoms with Crippen molar-refractivity contribution in [2.45, 2.75) is 73.0 Å². The molecule has 1 heterocycles. The van der Waals surface area contributed by atoms with E-state index in [-0.39, 0.29) is 41.7 Å². The van der Waals surface area contributed by atoms with Crippen LogP contribution in [0.15, 0.2) is 23.8 Å². The first-order chi connectivity index (χ1) is 14.0. The molecule has 2 aliphatic carbocycles. The third kappa shape index (κ3) is 3.28. The van der Waals surface area contributed by atoms with E-state index in [9.17, 15) is 14.4 Å². The summed E-state index contributed by atoms with van der Waals surface area (Å²) >= 11 is 0. The third-order valence-corrected chi connectivity index (χ3v) is 7.74. The Hall–Kier alpha value is -2.11. The van der Waals surface area contributed by atoms with Gasteiger partial charge in [0, 0.05) is 11.5 Å². The summed E-state index contributed by atoms with van der Waals surface area (Å²) in [6.07, 6.45) is 2.51. The summed E-state index contributed by atoms with van der Waals surface area (Å²) in [5.74, 6) is -1.43. The maximum absolute atomic E-state index is 13.1. The highest BCUT2D eigenvalue weighted by molar-refractivity contribution is 5.90. The lowest BCUT2D eigenvalue weighted by atomic mass is 9.61. The van der Waals surface area contributed by atoms with E-state index in [0.717, 1.165) is 6.42 Å². The molecule has 1 spiro atoms. The standard InChI is InChI=1S/C24H34O6/c1-8-14(4)21(26)30-19-18-17(29-20(25)13(2)3)10-9-15(5)23(18,7)12-24(19)16(6)11-28-22(24)27/h8,13,15,17-19H,6,9-12H2,1-5,7H3/b14-8-/t15-,17-,18+,19+,23+,24+/m0/s1. The predicted molar refractivity (Wildman–Crippen MR) is 111 cm³/mol. The van der Waals surface area contributed by atoms with E-state index in [0.29, 0.717) is 24.0 Å². The van der Waals surface area contributed by atoms with Gasteiger partial charge in [-0.3, -0.25) is 9.59 Å². The molecule has 0 aromatic heterocycles. The molecule has 0 aromatic rings. The second-order valence-electron chi connectivity index (χ2n) is 9.77. The Bertz CT molecular complexity index is 778. The van der Waals surface area contributed by atoms with Crippen molar-refractivity contribution >= 4 is 17.9 Å². The fourth-order valence-corrected chi connectivity index (χ4v) is 5.50. The zero-order valence-electron chi connectivity index (χ0n) is 18.9. The molecule has 166 valence electrons. The van der Waals surface area contributed by atoms with Crippen molar-refractivity contribution in [2.24, 2.45) is 28.6 Å². The summed E-state index contributed by atoms with van der Waals surface area (Å²) in [5.41, 5.74) is -0.346. The number of ether oxygens (including phenoxy) is 3. The van der Waals surface area contributed by atoms with Gasteiger partial charge in [-0.1, -0.05) is 40.3 Å². The van der Waals surface area contributed by atoms with Gasteiger partial charge in [0.25, 0.3) is 0 Å². The first kappa shape index (κ1) is 22.6. The number of carbonyl (C=O) groups is 3. The van der Waals surface area contributed by atoms with Gasteiger partial charge < -0.3 is 14.2 Å². The summed E-state index contributed by atoms with van der Waals surface area (Å²) in [6.45, 7) is 15.6. The molecule has 1 aliphatic heterocycles. The van der Waals surface area contributed by atoms with Crippen LogP contribution in [0.5, 0.6) is 0 Å². The second-order valence-corrected chi connectivity index (χ2v) is 9.77. The van der Waals surface area contributed by atoms with Gasteiger partial charge in [-0.25, -0.2) is 4.79 Å². The van der Waals surface area contributed by atoms with E-state index in [4.69, 9.17) is 14.2 Å². The molecule has 0 radical (unpaired) electrons. The molecule has 0 N–H and O–H groups in total. The molecule has 30 heavy (non-hydrogen) atoms. The average Bonchev–Trinajstić information content (AvgIpc) is 3.13. The van der Waals surface area contributed by atoms with Crippen LogP contribution in [-0.2, 0) is 28.6 Å². The van der Waals surface area contributed by atoms with Crippen LogP contribution in [0, 0.1) is 28.6 Å². The minimum Gasteiger partial charge on any atom is -0.462 e. The van der Waals surface area contributed by atoms with E-state index in [1.54, 1.807) is 33.8 Å². The number of rotatable bonds is 4. The molecule has 1 saturated heterocycles. The fourth-order valence-electron chi connectivity index (χ4n) is 5.50. The Kier molecular flexibility index (Phi) is 5.91. The van der Waals surface area contributed by atoms with Gasteiger partial charge in [-0.05, 0) is 50.0 Å². The summed E-state index contributed by atoms with van der Waals surface area (Å²) in [5, 5.41) is 0. The van der Waals surface area contributed by atoms with Crippen LogP contribution in [0.1, 0.15) is 60.8 Å². The molecule has 0 aromatic carbocycles. The van der Waals surface area contributed by atoms with Gasteiger partial charge >= 0.3 is 17.9 Å². The summed E-state index contributed by atoms with van der Waals surface area (Å²) in [4.78, 5) is 38.3. The van der Waals surface area contributed by atoms with Gasteiger partial charge in [0.05, 0.1) is 5.92 Å². The molecule has 0 unspecified atom stereocenters. The highest BCUT2D eigenvalue weighted by Gasteiger charge is 2.72. The molecule has 3 aliphatic rings. The molecule has 0 amide bonds. The van der Waals surface area contributed by atoms with Crippen molar-refractivity contribution in [3.05, 3.63) is 23.8 Å². The molecular formula is C24H34O6. The van der Waals surface area contributed by atoms with Crippen molar-refractivity contribution < 1.29 is 28.6 Å². The number of carbonyl (C=O) groups excluding carboxylic acids is 3. The van der Waals surface area contributed by atoms with Crippen LogP contribution in [-0.4, -0.2) is 36.7 Å². The van der Waals surface area contributed by atoms with Crippen molar-refractivity contribution in [3.8, 4) is 0 Å². The van der Waals surface area contributed by atoms with Gasteiger partial charge in [0.2, 0.25) is 0 Å². The maximum atomic E-state index is 13.1. The minimum absolute atomic E-state index is 0.128. The van der Waals surface area contributed by atoms with Crippen LogP contribution in [0.3, 0.4) is 0 Å². The largest absolute Gasteiger partial charge is 0.462 e. The SMILES string of the molecule is C=C1COC(=O)[C@]12C[C@@]1(C)[C@H]([C@@H](OC(=O)C(C)C)CC[C@@H]1C)[C@H]2OC(=O)/C(C)=C\C. The summed E-state index contributed by atoms with van der Waals surface area (Å²) in [7, 11) is 0. The molecule has 6 heteroatoms. The first-order valence-corrected chi connectivity index (χ1v) is 10.9. The number of allylic oxidation sites excluding steroid dienone is 1. The molecule has 0 bridgehead atoms. The number of hydrogen-bond donors (Lipinski definition) is 0. The molecule has 3 fully saturated rings. The van der Waals surface area contributed by atoms with Crippen LogP contribution in [0.2, 0.25) is 0 Å². The smallest absolute Gasteiger partial charge is 0.333 e. The van der Waals surface area contributed by atoms with Crippen molar-refractivity contribution in [3.63, 3.8) is 0 Å². The molecule has 6 atom stereocenters. The van der Waals surface area contributed by atoms with E-state index >= 15 is 0 Å². The zero-order chi connectivity index (χ0) is 22.4. The van der Waals surface area contributed by atoms with E-state index in [2.05, 4.69) is 20.4 Å². The van der Waals surface area contributed by atoms with Gasteiger partial charge in [0.15, 0.2) is 0 Å². The van der Waals surface area contributed by atoms with E-state index < -0.39 is 23.6 Å². The van der Waals surface area contributed by atoms with Crippen molar-refractivity contribution in [1.82, 2.24) is 0 Å². The Morgan fingerprint density at radius 2 is 1.93 bits per heavy atom. The monoisotopic (exact) mass is 418 g/mol. The Morgan fingerprint density at radius 3 is 2.47 bits per heavy atom. The highest BCUT2D eigenvalue weighted by atomic mass is 16.6. The normalized spacial score (nSPS) is 38.6. The molecule has 6 nitrogen and oxygen atoms in total. The van der Waals surface area contributed by atoms with Gasteiger partial charge in [-0.15, -0.1) is 0 Å². The quantitative estimate of drug-likeness (QED) is 0.297. The molecule has 2 saturated carbocycles. The Morgan fingerprint density at radius 1 is 1.27 bits per heavy atom. The van der Waals surface area contributed by atoms with Crippen molar-refractivity contribution in [2.75, 3.05) is 6.61 Å². The first-order valence-electron chi connectivity index (χ1n) is 10.9. The zero-order valence-corrected chi connectivity index (χ0v) is 18.9. The molecule has 3 rings (SSSR count). The lowest BCUT2D eigenvalue weighted by molar-refractivity contribution is -0.176. The summed E-state index contributed by atoms with van der Waals surface area (Å²) in [6, 6.07) is 0. The highest BCUT2D eigenvalue weighted by Crippen LogP contribution is 2.66.